The average molecular weight is 253 g/mol. The number of hydrogen-bond donors (Lipinski definition) is 1. The molecule has 0 saturated heterocycles. The zero-order chi connectivity index (χ0) is 13.0. The predicted molar refractivity (Wildman–Crippen MR) is 65.0 cm³/mol. The Morgan fingerprint density at radius 1 is 1.50 bits per heavy atom. The number of aryl methyl sites for hydroxylation is 1. The van der Waals surface area contributed by atoms with Gasteiger partial charge < -0.3 is 10.1 Å². The second-order valence-corrected chi connectivity index (χ2v) is 4.95. The number of rotatable bonds is 4. The van der Waals surface area contributed by atoms with Crippen LogP contribution in [0, 0.1) is 12.8 Å². The first-order valence-corrected chi connectivity index (χ1v) is 6.35. The minimum absolute atomic E-state index is 0.0592. The van der Waals surface area contributed by atoms with Crippen molar-refractivity contribution in [2.75, 3.05) is 11.9 Å². The van der Waals surface area contributed by atoms with Gasteiger partial charge >= 0.3 is 0 Å². The molecule has 2 rings (SSSR count). The molecule has 0 bridgehead atoms. The average Bonchev–Trinajstić information content (AvgIpc) is 2.73. The summed E-state index contributed by atoms with van der Waals surface area (Å²) in [6.07, 6.45) is 4.73. The summed E-state index contributed by atoms with van der Waals surface area (Å²) in [4.78, 5) is 11.6. The van der Waals surface area contributed by atoms with E-state index in [0.29, 0.717) is 17.4 Å². The first-order chi connectivity index (χ1) is 8.65. The molecule has 18 heavy (non-hydrogen) atoms. The number of aromatic nitrogens is 2. The molecule has 1 heterocycles. The van der Waals surface area contributed by atoms with Crippen LogP contribution in [0.4, 0.5) is 5.82 Å². The second-order valence-electron chi connectivity index (χ2n) is 4.95. The van der Waals surface area contributed by atoms with Crippen molar-refractivity contribution < 1.29 is 14.2 Å². The topological polar surface area (TPSA) is 77.3 Å². The highest BCUT2D eigenvalue weighted by Gasteiger charge is 2.20. The normalized spacial score (nSPS) is 23.9. The Bertz CT molecular complexity index is 405. The molecule has 1 amide bonds. The number of amides is 1. The lowest BCUT2D eigenvalue weighted by Crippen LogP contribution is -2.27. The van der Waals surface area contributed by atoms with Gasteiger partial charge in [0.15, 0.2) is 5.82 Å². The summed E-state index contributed by atoms with van der Waals surface area (Å²) in [5, 5.41) is 9.79. The SMILES string of the molecule is Cc1nonc1NC(=O)CO[C@H]1CCC[C@H](C)C1. The first-order valence-electron chi connectivity index (χ1n) is 6.35. The summed E-state index contributed by atoms with van der Waals surface area (Å²) in [5.74, 6) is 0.835. The molecule has 100 valence electrons. The predicted octanol–water partition coefficient (Wildman–Crippen LogP) is 1.91. The highest BCUT2D eigenvalue weighted by atomic mass is 16.6. The van der Waals surface area contributed by atoms with E-state index in [9.17, 15) is 4.79 Å². The molecule has 0 spiro atoms. The number of anilines is 1. The van der Waals surface area contributed by atoms with E-state index in [1.807, 2.05) is 0 Å². The van der Waals surface area contributed by atoms with Crippen LogP contribution in [0.2, 0.25) is 0 Å². The second kappa shape index (κ2) is 5.95. The highest BCUT2D eigenvalue weighted by Crippen LogP contribution is 2.25. The standard InChI is InChI=1S/C12H19N3O3/c1-8-4-3-5-10(6-8)17-7-11(16)13-12-9(2)14-18-15-12/h8,10H,3-7H2,1-2H3,(H,13,15,16)/t8-,10-/m0/s1. The molecule has 0 aromatic carbocycles. The van der Waals surface area contributed by atoms with Crippen molar-refractivity contribution in [1.82, 2.24) is 10.3 Å². The van der Waals surface area contributed by atoms with Crippen molar-refractivity contribution in [3.05, 3.63) is 5.69 Å². The summed E-state index contributed by atoms with van der Waals surface area (Å²) in [7, 11) is 0. The maximum absolute atomic E-state index is 11.6. The van der Waals surface area contributed by atoms with E-state index in [1.54, 1.807) is 6.92 Å². The van der Waals surface area contributed by atoms with E-state index in [1.165, 1.54) is 12.8 Å². The van der Waals surface area contributed by atoms with Gasteiger partial charge in [-0.05, 0) is 30.8 Å². The highest BCUT2D eigenvalue weighted by molar-refractivity contribution is 5.91. The fraction of sp³-hybridized carbons (Fsp3) is 0.750. The van der Waals surface area contributed by atoms with E-state index in [2.05, 4.69) is 27.2 Å². The Balaban J connectivity index is 1.73. The maximum atomic E-state index is 11.6. The molecule has 1 fully saturated rings. The van der Waals surface area contributed by atoms with Crippen LogP contribution in [-0.4, -0.2) is 28.9 Å². The third-order valence-electron chi connectivity index (χ3n) is 3.25. The van der Waals surface area contributed by atoms with Crippen LogP contribution < -0.4 is 5.32 Å². The smallest absolute Gasteiger partial charge is 0.251 e. The number of carbonyl (C=O) groups is 1. The molecule has 1 N–H and O–H groups in total. The summed E-state index contributed by atoms with van der Waals surface area (Å²) < 4.78 is 10.1. The molecule has 1 aliphatic carbocycles. The third-order valence-corrected chi connectivity index (χ3v) is 3.25. The summed E-state index contributed by atoms with van der Waals surface area (Å²) in [6.45, 7) is 4.00. The van der Waals surface area contributed by atoms with Gasteiger partial charge in [-0.3, -0.25) is 4.79 Å². The van der Waals surface area contributed by atoms with Gasteiger partial charge in [0.1, 0.15) is 12.3 Å². The van der Waals surface area contributed by atoms with E-state index in [0.717, 1.165) is 12.8 Å². The Labute approximate surface area is 106 Å². The monoisotopic (exact) mass is 253 g/mol. The van der Waals surface area contributed by atoms with Crippen LogP contribution >= 0.6 is 0 Å². The molecular formula is C12H19N3O3. The Morgan fingerprint density at radius 3 is 3.00 bits per heavy atom. The van der Waals surface area contributed by atoms with Crippen LogP contribution in [0.25, 0.3) is 0 Å². The number of nitrogens with zero attached hydrogens (tertiary/aromatic N) is 2. The van der Waals surface area contributed by atoms with Crippen LogP contribution in [0.1, 0.15) is 38.3 Å². The minimum Gasteiger partial charge on any atom is -0.368 e. The number of hydrogen-bond acceptors (Lipinski definition) is 5. The van der Waals surface area contributed by atoms with E-state index < -0.39 is 0 Å². The molecule has 1 aromatic rings. The fourth-order valence-electron chi connectivity index (χ4n) is 2.24. The van der Waals surface area contributed by atoms with Gasteiger partial charge in [0.05, 0.1) is 6.10 Å². The van der Waals surface area contributed by atoms with Crippen LogP contribution in [0.5, 0.6) is 0 Å². The zero-order valence-corrected chi connectivity index (χ0v) is 10.8. The van der Waals surface area contributed by atoms with Gasteiger partial charge in [-0.25, -0.2) is 4.63 Å². The van der Waals surface area contributed by atoms with Crippen molar-refractivity contribution in [1.29, 1.82) is 0 Å². The van der Waals surface area contributed by atoms with Crippen molar-refractivity contribution in [2.45, 2.75) is 45.6 Å². The molecule has 1 aliphatic rings. The Morgan fingerprint density at radius 2 is 2.33 bits per heavy atom. The van der Waals surface area contributed by atoms with Crippen LogP contribution in [-0.2, 0) is 9.53 Å². The summed E-state index contributed by atoms with van der Waals surface area (Å²) in [5.41, 5.74) is 0.564. The lowest BCUT2D eigenvalue weighted by molar-refractivity contribution is -0.123. The van der Waals surface area contributed by atoms with Gasteiger partial charge in [0.2, 0.25) is 0 Å². The van der Waals surface area contributed by atoms with Crippen LogP contribution in [0.15, 0.2) is 4.63 Å². The first kappa shape index (κ1) is 13.0. The van der Waals surface area contributed by atoms with E-state index >= 15 is 0 Å². The van der Waals surface area contributed by atoms with Gasteiger partial charge in [-0.1, -0.05) is 24.9 Å². The van der Waals surface area contributed by atoms with E-state index in [-0.39, 0.29) is 18.6 Å². The molecule has 2 atom stereocenters. The molecule has 0 aliphatic heterocycles. The minimum atomic E-state index is -0.216. The number of carbonyl (C=O) groups excluding carboxylic acids is 1. The molecular weight excluding hydrogens is 234 g/mol. The Hall–Kier alpha value is -1.43. The molecule has 1 saturated carbocycles. The molecule has 0 radical (unpaired) electrons. The van der Waals surface area contributed by atoms with Crippen molar-refractivity contribution in [2.24, 2.45) is 5.92 Å². The molecule has 6 heteroatoms. The zero-order valence-electron chi connectivity index (χ0n) is 10.8. The third kappa shape index (κ3) is 3.53. The lowest BCUT2D eigenvalue weighted by Gasteiger charge is -2.26. The molecule has 0 unspecified atom stereocenters. The summed E-state index contributed by atoms with van der Waals surface area (Å²) in [6, 6.07) is 0. The van der Waals surface area contributed by atoms with Crippen LogP contribution in [0.3, 0.4) is 0 Å². The maximum Gasteiger partial charge on any atom is 0.251 e. The van der Waals surface area contributed by atoms with Crippen molar-refractivity contribution in [3.8, 4) is 0 Å². The van der Waals surface area contributed by atoms with Gasteiger partial charge in [0.25, 0.3) is 5.91 Å². The number of nitrogens with one attached hydrogen (secondary N) is 1. The molecule has 6 nitrogen and oxygen atoms in total. The Kier molecular flexibility index (Phi) is 4.30. The number of ether oxygens (including phenoxy) is 1. The van der Waals surface area contributed by atoms with Crippen molar-refractivity contribution >= 4 is 11.7 Å². The van der Waals surface area contributed by atoms with Crippen molar-refractivity contribution in [3.63, 3.8) is 0 Å². The van der Waals surface area contributed by atoms with E-state index in [4.69, 9.17) is 4.74 Å². The summed E-state index contributed by atoms with van der Waals surface area (Å²) >= 11 is 0. The lowest BCUT2D eigenvalue weighted by atomic mass is 9.89. The van der Waals surface area contributed by atoms with Gasteiger partial charge in [-0.2, -0.15) is 0 Å². The largest absolute Gasteiger partial charge is 0.368 e. The fourth-order valence-corrected chi connectivity index (χ4v) is 2.24. The quantitative estimate of drug-likeness (QED) is 0.886. The molecule has 1 aromatic heterocycles. The van der Waals surface area contributed by atoms with Gasteiger partial charge in [-0.15, -0.1) is 0 Å². The van der Waals surface area contributed by atoms with Gasteiger partial charge in [0, 0.05) is 0 Å².